The fraction of sp³-hybridized carbons (Fsp3) is 0.318. The van der Waals surface area contributed by atoms with E-state index >= 15 is 0 Å². The molecule has 31 heavy (non-hydrogen) atoms. The molecule has 4 rings (SSSR count). The Balaban J connectivity index is 1.36. The summed E-state index contributed by atoms with van der Waals surface area (Å²) in [6, 6.07) is 11.4. The number of ether oxygens (including phenoxy) is 3. The molecule has 0 aliphatic carbocycles. The maximum Gasteiger partial charge on any atom is 0.237 e. The first-order valence-corrected chi connectivity index (χ1v) is 10.7. The summed E-state index contributed by atoms with van der Waals surface area (Å²) in [5, 5.41) is 11.6. The average Bonchev–Trinajstić information content (AvgIpc) is 3.35. The van der Waals surface area contributed by atoms with Crippen LogP contribution in [0.25, 0.3) is 0 Å². The molecule has 1 N–H and O–H groups in total. The second kappa shape index (κ2) is 8.89. The van der Waals surface area contributed by atoms with E-state index in [1.165, 1.54) is 11.8 Å². The third kappa shape index (κ3) is 4.77. The highest BCUT2D eigenvalue weighted by molar-refractivity contribution is 8.00. The van der Waals surface area contributed by atoms with Gasteiger partial charge in [0.2, 0.25) is 12.7 Å². The summed E-state index contributed by atoms with van der Waals surface area (Å²) in [7, 11) is 1.87. The Kier molecular flexibility index (Phi) is 6.03. The minimum absolute atomic E-state index is 0.139. The van der Waals surface area contributed by atoms with Crippen LogP contribution in [-0.2, 0) is 18.4 Å². The van der Waals surface area contributed by atoms with E-state index in [0.29, 0.717) is 34.8 Å². The van der Waals surface area contributed by atoms with Gasteiger partial charge in [-0.2, -0.15) is 0 Å². The Morgan fingerprint density at radius 1 is 1.19 bits per heavy atom. The summed E-state index contributed by atoms with van der Waals surface area (Å²) in [5.74, 6) is 2.68. The van der Waals surface area contributed by atoms with Crippen LogP contribution in [0.15, 0.2) is 41.6 Å². The van der Waals surface area contributed by atoms with Gasteiger partial charge in [0.15, 0.2) is 22.5 Å². The minimum Gasteiger partial charge on any atom is -0.485 e. The third-order valence-corrected chi connectivity index (χ3v) is 6.05. The SMILES string of the molecule is Cc1ccc(C)c(OCc2nnc(S[C@H](C)C(=O)Nc3ccc4c(c3)OCO4)n2C)c1. The van der Waals surface area contributed by atoms with Gasteiger partial charge in [0.1, 0.15) is 12.4 Å². The van der Waals surface area contributed by atoms with Gasteiger partial charge in [-0.1, -0.05) is 23.9 Å². The van der Waals surface area contributed by atoms with E-state index in [1.807, 2.05) is 44.5 Å². The molecule has 2 heterocycles. The van der Waals surface area contributed by atoms with Crippen LogP contribution >= 0.6 is 11.8 Å². The predicted molar refractivity (Wildman–Crippen MR) is 118 cm³/mol. The highest BCUT2D eigenvalue weighted by atomic mass is 32.2. The number of nitrogens with zero attached hydrogens (tertiary/aromatic N) is 3. The number of rotatable bonds is 7. The van der Waals surface area contributed by atoms with E-state index in [-0.39, 0.29) is 18.0 Å². The topological polar surface area (TPSA) is 87.5 Å². The third-order valence-electron chi connectivity index (χ3n) is 4.92. The Hall–Kier alpha value is -3.20. The Morgan fingerprint density at radius 2 is 2.00 bits per heavy atom. The Bertz CT molecular complexity index is 1110. The molecular weight excluding hydrogens is 416 g/mol. The molecule has 8 nitrogen and oxygen atoms in total. The number of fused-ring (bicyclic) bond motifs is 1. The zero-order valence-electron chi connectivity index (χ0n) is 17.8. The minimum atomic E-state index is -0.374. The van der Waals surface area contributed by atoms with E-state index in [0.717, 1.165) is 16.9 Å². The average molecular weight is 441 g/mol. The van der Waals surface area contributed by atoms with Crippen molar-refractivity contribution in [2.24, 2.45) is 7.05 Å². The molecule has 0 saturated carbocycles. The van der Waals surface area contributed by atoms with Gasteiger partial charge >= 0.3 is 0 Å². The second-order valence-corrected chi connectivity index (χ2v) is 8.64. The molecule has 0 fully saturated rings. The van der Waals surface area contributed by atoms with Gasteiger partial charge in [0, 0.05) is 18.8 Å². The van der Waals surface area contributed by atoms with Crippen molar-refractivity contribution in [3.63, 3.8) is 0 Å². The highest BCUT2D eigenvalue weighted by Crippen LogP contribution is 2.34. The molecule has 0 saturated heterocycles. The van der Waals surface area contributed by atoms with Crippen LogP contribution in [0.1, 0.15) is 23.9 Å². The number of carbonyl (C=O) groups is 1. The van der Waals surface area contributed by atoms with Crippen molar-refractivity contribution in [3.05, 3.63) is 53.3 Å². The molecule has 9 heteroatoms. The van der Waals surface area contributed by atoms with Crippen molar-refractivity contribution >= 4 is 23.4 Å². The molecule has 1 atom stereocenters. The van der Waals surface area contributed by atoms with Crippen LogP contribution in [0, 0.1) is 13.8 Å². The Morgan fingerprint density at radius 3 is 2.84 bits per heavy atom. The molecule has 2 aromatic carbocycles. The smallest absolute Gasteiger partial charge is 0.237 e. The molecular formula is C22H24N4O4S. The van der Waals surface area contributed by atoms with Gasteiger partial charge in [-0.3, -0.25) is 4.79 Å². The summed E-state index contributed by atoms with van der Waals surface area (Å²) in [5.41, 5.74) is 2.86. The largest absolute Gasteiger partial charge is 0.485 e. The monoisotopic (exact) mass is 440 g/mol. The summed E-state index contributed by atoms with van der Waals surface area (Å²) < 4.78 is 18.4. The molecule has 1 aliphatic rings. The number of hydrogen-bond donors (Lipinski definition) is 1. The lowest BCUT2D eigenvalue weighted by molar-refractivity contribution is -0.115. The number of nitrogens with one attached hydrogen (secondary N) is 1. The molecule has 1 aliphatic heterocycles. The molecule has 0 radical (unpaired) electrons. The van der Waals surface area contributed by atoms with Crippen molar-refractivity contribution in [1.82, 2.24) is 14.8 Å². The van der Waals surface area contributed by atoms with E-state index in [9.17, 15) is 4.79 Å². The number of thioether (sulfide) groups is 1. The normalized spacial score (nSPS) is 13.2. The lowest BCUT2D eigenvalue weighted by Crippen LogP contribution is -2.22. The number of hydrogen-bond acceptors (Lipinski definition) is 7. The van der Waals surface area contributed by atoms with E-state index in [2.05, 4.69) is 21.6 Å². The van der Waals surface area contributed by atoms with Crippen LogP contribution in [-0.4, -0.2) is 32.7 Å². The van der Waals surface area contributed by atoms with Crippen molar-refractivity contribution < 1.29 is 19.0 Å². The molecule has 1 amide bonds. The summed E-state index contributed by atoms with van der Waals surface area (Å²) in [6.07, 6.45) is 0. The lowest BCUT2D eigenvalue weighted by Gasteiger charge is -2.12. The van der Waals surface area contributed by atoms with Crippen molar-refractivity contribution in [1.29, 1.82) is 0 Å². The molecule has 162 valence electrons. The van der Waals surface area contributed by atoms with Crippen LogP contribution < -0.4 is 19.5 Å². The fourth-order valence-corrected chi connectivity index (χ4v) is 3.84. The van der Waals surface area contributed by atoms with E-state index in [4.69, 9.17) is 14.2 Å². The molecule has 0 spiro atoms. The van der Waals surface area contributed by atoms with Gasteiger partial charge in [-0.05, 0) is 50.1 Å². The van der Waals surface area contributed by atoms with Crippen molar-refractivity contribution in [2.75, 3.05) is 12.1 Å². The van der Waals surface area contributed by atoms with Gasteiger partial charge in [0.05, 0.1) is 5.25 Å². The number of aromatic nitrogens is 3. The fourth-order valence-electron chi connectivity index (χ4n) is 3.01. The Labute approximate surface area is 184 Å². The lowest BCUT2D eigenvalue weighted by atomic mass is 10.1. The standard InChI is InChI=1S/C22H24N4O4S/c1-13-5-6-14(2)18(9-13)28-11-20-24-25-22(26(20)4)31-15(3)21(27)23-16-7-8-17-19(10-16)30-12-29-17/h5-10,15H,11-12H2,1-4H3,(H,23,27)/t15-/m1/s1. The predicted octanol–water partition coefficient (Wildman–Crippen LogP) is 3.86. The van der Waals surface area contributed by atoms with Crippen LogP contribution in [0.2, 0.25) is 0 Å². The van der Waals surface area contributed by atoms with Crippen LogP contribution in [0.3, 0.4) is 0 Å². The zero-order valence-corrected chi connectivity index (χ0v) is 18.7. The second-order valence-electron chi connectivity index (χ2n) is 7.33. The quantitative estimate of drug-likeness (QED) is 0.558. The molecule has 3 aromatic rings. The molecule has 1 aromatic heterocycles. The van der Waals surface area contributed by atoms with Gasteiger partial charge in [-0.25, -0.2) is 0 Å². The first kappa shape index (κ1) is 21.0. The summed E-state index contributed by atoms with van der Waals surface area (Å²) >= 11 is 1.34. The van der Waals surface area contributed by atoms with Crippen molar-refractivity contribution in [3.8, 4) is 17.2 Å². The first-order valence-electron chi connectivity index (χ1n) is 9.86. The maximum atomic E-state index is 12.6. The molecule has 0 bridgehead atoms. The molecule has 0 unspecified atom stereocenters. The number of carbonyl (C=O) groups excluding carboxylic acids is 1. The highest BCUT2D eigenvalue weighted by Gasteiger charge is 2.20. The summed E-state index contributed by atoms with van der Waals surface area (Å²) in [4.78, 5) is 12.6. The first-order chi connectivity index (χ1) is 14.9. The van der Waals surface area contributed by atoms with Gasteiger partial charge in [0.25, 0.3) is 0 Å². The van der Waals surface area contributed by atoms with Crippen LogP contribution in [0.4, 0.5) is 5.69 Å². The number of benzene rings is 2. The zero-order chi connectivity index (χ0) is 22.0. The number of anilines is 1. The number of aryl methyl sites for hydroxylation is 2. The van der Waals surface area contributed by atoms with E-state index < -0.39 is 0 Å². The summed E-state index contributed by atoms with van der Waals surface area (Å²) in [6.45, 7) is 6.35. The number of amides is 1. The van der Waals surface area contributed by atoms with Crippen molar-refractivity contribution in [2.45, 2.75) is 37.8 Å². The van der Waals surface area contributed by atoms with Crippen LogP contribution in [0.5, 0.6) is 17.2 Å². The van der Waals surface area contributed by atoms with Gasteiger partial charge in [-0.15, -0.1) is 10.2 Å². The van der Waals surface area contributed by atoms with Gasteiger partial charge < -0.3 is 24.1 Å². The van der Waals surface area contributed by atoms with E-state index in [1.54, 1.807) is 18.2 Å². The maximum absolute atomic E-state index is 12.6.